The van der Waals surface area contributed by atoms with E-state index in [1.54, 1.807) is 13.8 Å². The Kier molecular flexibility index (Phi) is 7.07. The molecule has 0 spiro atoms. The van der Waals surface area contributed by atoms with Crippen molar-refractivity contribution in [3.8, 4) is 0 Å². The molecule has 0 aromatic carbocycles. The van der Waals surface area contributed by atoms with Gasteiger partial charge in [-0.15, -0.1) is 0 Å². The number of ether oxygens (including phenoxy) is 2. The maximum Gasteiger partial charge on any atom is 0.376 e. The summed E-state index contributed by atoms with van der Waals surface area (Å²) in [5.74, 6) is -0.523. The third kappa shape index (κ3) is 5.34. The fourth-order valence-corrected chi connectivity index (χ4v) is 2.51. The Morgan fingerprint density at radius 3 is 2.20 bits per heavy atom. The normalized spacial score (nSPS) is 15.5. The molecular weight excluding hydrogens is 285 g/mol. The van der Waals surface area contributed by atoms with Crippen molar-refractivity contribution in [1.82, 2.24) is 0 Å². The topological polar surface area (TPSA) is 97.1 Å². The van der Waals surface area contributed by atoms with Crippen molar-refractivity contribution in [3.63, 3.8) is 0 Å². The first kappa shape index (κ1) is 19.3. The van der Waals surface area contributed by atoms with Crippen LogP contribution in [-0.4, -0.2) is 37.9 Å². The van der Waals surface area contributed by atoms with Crippen molar-refractivity contribution in [2.45, 2.75) is 38.3 Å². The van der Waals surface area contributed by atoms with Gasteiger partial charge in [0.05, 0.1) is 6.61 Å². The molecule has 1 unspecified atom stereocenters. The van der Waals surface area contributed by atoms with Crippen molar-refractivity contribution < 1.29 is 27.9 Å². The fourth-order valence-electron chi connectivity index (χ4n) is 1.38. The predicted octanol–water partition coefficient (Wildman–Crippen LogP) is 2.02. The van der Waals surface area contributed by atoms with Gasteiger partial charge in [-0.1, -0.05) is 6.58 Å². The lowest BCUT2D eigenvalue weighted by atomic mass is 10.1. The van der Waals surface area contributed by atoms with E-state index in [4.69, 9.17) is 24.3 Å². The minimum Gasteiger partial charge on any atom is -0.456 e. The van der Waals surface area contributed by atoms with Crippen molar-refractivity contribution in [3.05, 3.63) is 12.7 Å². The summed E-state index contributed by atoms with van der Waals surface area (Å²) in [5, 5.41) is 0. The maximum atomic E-state index is 12.2. The van der Waals surface area contributed by atoms with Crippen molar-refractivity contribution in [1.29, 1.82) is 0 Å². The molecule has 0 aromatic rings. The molecule has 0 heterocycles. The first-order valence-corrected chi connectivity index (χ1v) is 7.57. The average Bonchev–Trinajstić information content (AvgIpc) is 2.36. The zero-order chi connectivity index (χ0) is 16.0. The molecule has 7 nitrogen and oxygen atoms in total. The van der Waals surface area contributed by atoms with Crippen LogP contribution in [0.3, 0.4) is 0 Å². The average molecular weight is 309 g/mol. The third-order valence-corrected chi connectivity index (χ3v) is 4.84. The minimum absolute atomic E-state index is 0.112. The number of carbonyl (C=O) groups is 1. The van der Waals surface area contributed by atoms with E-state index in [9.17, 15) is 9.36 Å². The molecule has 0 fully saturated rings. The van der Waals surface area contributed by atoms with E-state index in [2.05, 4.69) is 6.58 Å². The Morgan fingerprint density at radius 1 is 1.30 bits per heavy atom. The summed E-state index contributed by atoms with van der Waals surface area (Å²) in [7, 11) is -1.11. The van der Waals surface area contributed by atoms with Crippen LogP contribution in [0.15, 0.2) is 12.7 Å². The van der Waals surface area contributed by atoms with Gasteiger partial charge in [0.1, 0.15) is 5.60 Å². The van der Waals surface area contributed by atoms with Gasteiger partial charge in [0.2, 0.25) is 5.47 Å². The highest BCUT2D eigenvalue weighted by atomic mass is 31.2. The molecule has 1 atom stereocenters. The lowest BCUT2D eigenvalue weighted by Gasteiger charge is -2.32. The van der Waals surface area contributed by atoms with Crippen LogP contribution < -0.4 is 5.73 Å². The second-order valence-corrected chi connectivity index (χ2v) is 7.51. The van der Waals surface area contributed by atoms with Crippen LogP contribution in [0.4, 0.5) is 0 Å². The summed E-state index contributed by atoms with van der Waals surface area (Å²) in [6.07, 6.45) is 1.44. The summed E-state index contributed by atoms with van der Waals surface area (Å²) in [6, 6.07) is 0. The highest BCUT2D eigenvalue weighted by Gasteiger charge is 2.44. The number of hydrogen-bond donors (Lipinski definition) is 1. The van der Waals surface area contributed by atoms with Gasteiger partial charge in [-0.3, -0.25) is 10.3 Å². The van der Waals surface area contributed by atoms with Crippen molar-refractivity contribution >= 4 is 13.6 Å². The molecule has 0 aliphatic rings. The molecular formula is C12H24NO6P. The zero-order valence-corrected chi connectivity index (χ0v) is 13.6. The zero-order valence-electron chi connectivity index (χ0n) is 12.7. The van der Waals surface area contributed by atoms with Crippen LogP contribution in [0.5, 0.6) is 0 Å². The van der Waals surface area contributed by atoms with E-state index in [-0.39, 0.29) is 6.61 Å². The largest absolute Gasteiger partial charge is 0.456 e. The molecule has 0 aliphatic carbocycles. The van der Waals surface area contributed by atoms with Gasteiger partial charge in [-0.2, -0.15) is 0 Å². The summed E-state index contributed by atoms with van der Waals surface area (Å²) < 4.78 is 32.3. The molecule has 8 heteroatoms. The minimum atomic E-state index is -3.57. The second kappa shape index (κ2) is 7.33. The number of carbonyl (C=O) groups excluding carboxylic acids is 1. The standard InChI is InChI=1S/C12H24NO6P/c1-7-10(14)19-11(2,3)8-9-18-12(4,13)20(15,16-5)17-6/h7H,1,8-9,13H2,2-6H3. The van der Waals surface area contributed by atoms with Crippen LogP contribution in [0, 0.1) is 0 Å². The Hall–Kier alpha value is -0.720. The van der Waals surface area contributed by atoms with E-state index in [0.29, 0.717) is 6.42 Å². The number of rotatable bonds is 9. The number of hydrogen-bond acceptors (Lipinski definition) is 7. The smallest absolute Gasteiger partial charge is 0.376 e. The first-order valence-electron chi connectivity index (χ1n) is 6.03. The van der Waals surface area contributed by atoms with E-state index < -0.39 is 24.6 Å². The molecule has 0 aromatic heterocycles. The van der Waals surface area contributed by atoms with Crippen LogP contribution >= 0.6 is 7.60 Å². The lowest BCUT2D eigenvalue weighted by molar-refractivity contribution is -0.152. The van der Waals surface area contributed by atoms with Crippen LogP contribution in [0.25, 0.3) is 0 Å². The van der Waals surface area contributed by atoms with E-state index >= 15 is 0 Å². The van der Waals surface area contributed by atoms with Gasteiger partial charge in [-0.05, 0) is 20.8 Å². The SMILES string of the molecule is C=CC(=O)OC(C)(C)CCOC(C)(N)P(=O)(OC)OC. The summed E-state index contributed by atoms with van der Waals surface area (Å²) in [6.45, 7) is 8.28. The van der Waals surface area contributed by atoms with Gasteiger partial charge < -0.3 is 18.5 Å². The molecule has 0 radical (unpaired) electrons. The predicted molar refractivity (Wildman–Crippen MR) is 75.2 cm³/mol. The summed E-state index contributed by atoms with van der Waals surface area (Å²) >= 11 is 0. The Balaban J connectivity index is 4.52. The number of nitrogens with two attached hydrogens (primary N) is 1. The van der Waals surface area contributed by atoms with Crippen molar-refractivity contribution in [2.75, 3.05) is 20.8 Å². The quantitative estimate of drug-likeness (QED) is 0.301. The maximum absolute atomic E-state index is 12.2. The molecule has 0 amide bonds. The van der Waals surface area contributed by atoms with Gasteiger partial charge in [0, 0.05) is 26.7 Å². The van der Waals surface area contributed by atoms with Crippen LogP contribution in [-0.2, 0) is 27.9 Å². The van der Waals surface area contributed by atoms with Gasteiger partial charge in [0.25, 0.3) is 0 Å². The molecule has 0 saturated heterocycles. The van der Waals surface area contributed by atoms with Crippen LogP contribution in [0.2, 0.25) is 0 Å². The second-order valence-electron chi connectivity index (χ2n) is 4.90. The molecule has 118 valence electrons. The molecule has 0 saturated carbocycles. The Labute approximate surface area is 119 Å². The van der Waals surface area contributed by atoms with Gasteiger partial charge in [0.15, 0.2) is 0 Å². The highest BCUT2D eigenvalue weighted by molar-refractivity contribution is 7.55. The van der Waals surface area contributed by atoms with Crippen LogP contribution in [0.1, 0.15) is 27.2 Å². The van der Waals surface area contributed by atoms with Crippen molar-refractivity contribution in [2.24, 2.45) is 5.73 Å². The highest BCUT2D eigenvalue weighted by Crippen LogP contribution is 2.56. The lowest BCUT2D eigenvalue weighted by Crippen LogP contribution is -2.41. The van der Waals surface area contributed by atoms with E-state index in [0.717, 1.165) is 6.08 Å². The molecule has 2 N–H and O–H groups in total. The van der Waals surface area contributed by atoms with E-state index in [1.165, 1.54) is 21.1 Å². The van der Waals surface area contributed by atoms with Gasteiger partial charge in [-0.25, -0.2) is 4.79 Å². The Bertz CT molecular complexity index is 385. The molecule has 0 rings (SSSR count). The van der Waals surface area contributed by atoms with E-state index in [1.807, 2.05) is 0 Å². The molecule has 0 aliphatic heterocycles. The molecule has 20 heavy (non-hydrogen) atoms. The summed E-state index contributed by atoms with van der Waals surface area (Å²) in [5.41, 5.74) is 3.47. The Morgan fingerprint density at radius 2 is 1.80 bits per heavy atom. The molecule has 0 bridgehead atoms. The monoisotopic (exact) mass is 309 g/mol. The number of esters is 1. The third-order valence-electron chi connectivity index (χ3n) is 2.67. The van der Waals surface area contributed by atoms with Gasteiger partial charge >= 0.3 is 13.6 Å². The fraction of sp³-hybridized carbons (Fsp3) is 0.750. The first-order chi connectivity index (χ1) is 9.03. The summed E-state index contributed by atoms with van der Waals surface area (Å²) in [4.78, 5) is 11.1.